The topological polar surface area (TPSA) is 69.8 Å². The molecule has 0 bridgehead atoms. The molecule has 1 aromatic carbocycles. The number of benzene rings is 1. The largest absolute Gasteiger partial charge is 0.327 e. The van der Waals surface area contributed by atoms with Gasteiger partial charge in [-0.05, 0) is 24.3 Å². The van der Waals surface area contributed by atoms with Gasteiger partial charge in [0.05, 0.1) is 6.20 Å². The lowest BCUT2D eigenvalue weighted by Gasteiger charge is -2.15. The fraction of sp³-hybridized carbons (Fsp3) is 0.286. The summed E-state index contributed by atoms with van der Waals surface area (Å²) in [5.74, 6) is 0.418. The fourth-order valence-corrected chi connectivity index (χ4v) is 1.69. The Balaban J connectivity index is 1.98. The SMILES string of the molecule is CC(C)(C)c1cnc(NC(=O)Nc2ccc(Cl)cc2)[nH]1. The number of anilines is 2. The van der Waals surface area contributed by atoms with E-state index in [0.29, 0.717) is 16.7 Å². The van der Waals surface area contributed by atoms with Crippen molar-refractivity contribution in [1.29, 1.82) is 0 Å². The summed E-state index contributed by atoms with van der Waals surface area (Å²) in [7, 11) is 0. The summed E-state index contributed by atoms with van der Waals surface area (Å²) in [5.41, 5.74) is 1.58. The number of amides is 2. The van der Waals surface area contributed by atoms with Crippen LogP contribution in [0.2, 0.25) is 5.02 Å². The normalized spacial score (nSPS) is 11.2. The van der Waals surface area contributed by atoms with E-state index < -0.39 is 0 Å². The Kier molecular flexibility index (Phi) is 3.99. The molecule has 0 atom stereocenters. The van der Waals surface area contributed by atoms with E-state index in [4.69, 9.17) is 11.6 Å². The van der Waals surface area contributed by atoms with E-state index in [0.717, 1.165) is 5.69 Å². The molecule has 0 fully saturated rings. The lowest BCUT2D eigenvalue weighted by Crippen LogP contribution is -2.20. The van der Waals surface area contributed by atoms with Gasteiger partial charge in [0, 0.05) is 21.8 Å². The summed E-state index contributed by atoms with van der Waals surface area (Å²) in [4.78, 5) is 19.0. The molecular weight excluding hydrogens is 276 g/mol. The molecule has 3 N–H and O–H groups in total. The molecule has 1 aromatic heterocycles. The number of rotatable bonds is 2. The molecule has 0 radical (unpaired) electrons. The van der Waals surface area contributed by atoms with E-state index in [2.05, 4.69) is 41.4 Å². The van der Waals surface area contributed by atoms with Crippen molar-refractivity contribution in [3.63, 3.8) is 0 Å². The number of carbonyl (C=O) groups is 1. The van der Waals surface area contributed by atoms with Crippen LogP contribution < -0.4 is 10.6 Å². The second-order valence-electron chi connectivity index (χ2n) is 5.48. The van der Waals surface area contributed by atoms with Crippen molar-refractivity contribution >= 4 is 29.3 Å². The van der Waals surface area contributed by atoms with Gasteiger partial charge in [0.15, 0.2) is 0 Å². The van der Waals surface area contributed by atoms with Crippen LogP contribution in [0.25, 0.3) is 0 Å². The van der Waals surface area contributed by atoms with Gasteiger partial charge in [-0.1, -0.05) is 32.4 Å². The Morgan fingerprint density at radius 2 is 1.85 bits per heavy atom. The third kappa shape index (κ3) is 3.74. The number of H-pyrrole nitrogens is 1. The first kappa shape index (κ1) is 14.4. The molecule has 106 valence electrons. The lowest BCUT2D eigenvalue weighted by atomic mass is 9.93. The zero-order chi connectivity index (χ0) is 14.8. The smallest absolute Gasteiger partial charge is 0.326 e. The van der Waals surface area contributed by atoms with E-state index in [1.54, 1.807) is 30.5 Å². The van der Waals surface area contributed by atoms with Crippen LogP contribution in [0.3, 0.4) is 0 Å². The van der Waals surface area contributed by atoms with Gasteiger partial charge in [0.25, 0.3) is 0 Å². The molecule has 5 nitrogen and oxygen atoms in total. The highest BCUT2D eigenvalue weighted by molar-refractivity contribution is 6.30. The van der Waals surface area contributed by atoms with Gasteiger partial charge < -0.3 is 10.3 Å². The maximum Gasteiger partial charge on any atom is 0.326 e. The third-order valence-electron chi connectivity index (χ3n) is 2.72. The number of hydrogen-bond acceptors (Lipinski definition) is 2. The minimum Gasteiger partial charge on any atom is -0.327 e. The number of nitrogens with zero attached hydrogens (tertiary/aromatic N) is 1. The Hall–Kier alpha value is -2.01. The number of hydrogen-bond donors (Lipinski definition) is 3. The molecule has 6 heteroatoms. The second kappa shape index (κ2) is 5.54. The van der Waals surface area contributed by atoms with Gasteiger partial charge in [-0.2, -0.15) is 0 Å². The summed E-state index contributed by atoms with van der Waals surface area (Å²) in [6.07, 6.45) is 1.72. The van der Waals surface area contributed by atoms with Crippen molar-refractivity contribution in [1.82, 2.24) is 9.97 Å². The molecule has 0 aliphatic heterocycles. The van der Waals surface area contributed by atoms with Gasteiger partial charge in [0.2, 0.25) is 5.95 Å². The van der Waals surface area contributed by atoms with Crippen LogP contribution in [0.4, 0.5) is 16.4 Å². The molecule has 0 aliphatic carbocycles. The van der Waals surface area contributed by atoms with Gasteiger partial charge in [0.1, 0.15) is 0 Å². The van der Waals surface area contributed by atoms with Crippen molar-refractivity contribution in [2.45, 2.75) is 26.2 Å². The molecule has 20 heavy (non-hydrogen) atoms. The molecule has 2 aromatic rings. The van der Waals surface area contributed by atoms with Crippen molar-refractivity contribution in [2.24, 2.45) is 0 Å². The van der Waals surface area contributed by atoms with E-state index in [1.807, 2.05) is 0 Å². The number of aromatic nitrogens is 2. The summed E-state index contributed by atoms with van der Waals surface area (Å²) >= 11 is 5.78. The van der Waals surface area contributed by atoms with E-state index in [9.17, 15) is 4.79 Å². The average Bonchev–Trinajstić information content (AvgIpc) is 2.80. The number of imidazole rings is 1. The molecular formula is C14H17ClN4O. The monoisotopic (exact) mass is 292 g/mol. The van der Waals surface area contributed by atoms with Gasteiger partial charge in [-0.15, -0.1) is 0 Å². The van der Waals surface area contributed by atoms with Crippen LogP contribution in [-0.2, 0) is 5.41 Å². The summed E-state index contributed by atoms with van der Waals surface area (Å²) in [6, 6.07) is 6.51. The van der Waals surface area contributed by atoms with Gasteiger partial charge in [-0.25, -0.2) is 9.78 Å². The van der Waals surface area contributed by atoms with Crippen molar-refractivity contribution in [3.05, 3.63) is 41.2 Å². The minimum absolute atomic E-state index is 0.0421. The first-order valence-electron chi connectivity index (χ1n) is 6.23. The quantitative estimate of drug-likeness (QED) is 0.783. The molecule has 0 saturated carbocycles. The maximum absolute atomic E-state index is 11.8. The molecule has 0 spiro atoms. The highest BCUT2D eigenvalue weighted by Crippen LogP contribution is 2.21. The minimum atomic E-state index is -0.359. The van der Waals surface area contributed by atoms with Crippen molar-refractivity contribution < 1.29 is 4.79 Å². The molecule has 2 amide bonds. The van der Waals surface area contributed by atoms with Crippen LogP contribution in [-0.4, -0.2) is 16.0 Å². The number of urea groups is 1. The van der Waals surface area contributed by atoms with E-state index in [-0.39, 0.29) is 11.4 Å². The predicted octanol–water partition coefficient (Wildman–Crippen LogP) is 4.00. The molecule has 0 unspecified atom stereocenters. The van der Waals surface area contributed by atoms with Gasteiger partial charge >= 0.3 is 6.03 Å². The first-order valence-corrected chi connectivity index (χ1v) is 6.61. The number of carbonyl (C=O) groups excluding carboxylic acids is 1. The van der Waals surface area contributed by atoms with Crippen LogP contribution in [0.15, 0.2) is 30.5 Å². The van der Waals surface area contributed by atoms with Crippen LogP contribution in [0.1, 0.15) is 26.5 Å². The average molecular weight is 293 g/mol. The Bertz CT molecular complexity index is 598. The molecule has 0 aliphatic rings. The molecule has 2 rings (SSSR count). The predicted molar refractivity (Wildman–Crippen MR) is 81.4 cm³/mol. The van der Waals surface area contributed by atoms with Crippen LogP contribution in [0, 0.1) is 0 Å². The Morgan fingerprint density at radius 3 is 2.40 bits per heavy atom. The van der Waals surface area contributed by atoms with Gasteiger partial charge in [-0.3, -0.25) is 5.32 Å². The lowest BCUT2D eigenvalue weighted by molar-refractivity contribution is 0.262. The highest BCUT2D eigenvalue weighted by atomic mass is 35.5. The van der Waals surface area contributed by atoms with Crippen molar-refractivity contribution in [2.75, 3.05) is 10.6 Å². The number of aromatic amines is 1. The number of halogens is 1. The van der Waals surface area contributed by atoms with E-state index in [1.165, 1.54) is 0 Å². The zero-order valence-corrected chi connectivity index (χ0v) is 12.4. The van der Waals surface area contributed by atoms with Crippen molar-refractivity contribution in [3.8, 4) is 0 Å². The third-order valence-corrected chi connectivity index (χ3v) is 2.97. The van der Waals surface area contributed by atoms with Crippen LogP contribution in [0.5, 0.6) is 0 Å². The zero-order valence-electron chi connectivity index (χ0n) is 11.6. The van der Waals surface area contributed by atoms with Crippen LogP contribution >= 0.6 is 11.6 Å². The molecule has 0 saturated heterocycles. The first-order chi connectivity index (χ1) is 9.34. The Morgan fingerprint density at radius 1 is 1.20 bits per heavy atom. The summed E-state index contributed by atoms with van der Waals surface area (Å²) in [6.45, 7) is 6.20. The standard InChI is InChI=1S/C14H17ClN4O/c1-14(2,3)11-8-16-12(18-11)19-13(20)17-10-6-4-9(15)5-7-10/h4-8H,1-3H3,(H3,16,17,18,19,20). The molecule has 1 heterocycles. The highest BCUT2D eigenvalue weighted by Gasteiger charge is 2.17. The maximum atomic E-state index is 11.8. The summed E-state index contributed by atoms with van der Waals surface area (Å²) in [5, 5.41) is 5.97. The Labute approximate surface area is 122 Å². The number of nitrogens with one attached hydrogen (secondary N) is 3. The summed E-state index contributed by atoms with van der Waals surface area (Å²) < 4.78 is 0. The second-order valence-corrected chi connectivity index (χ2v) is 5.92. The fourth-order valence-electron chi connectivity index (χ4n) is 1.57. The van der Waals surface area contributed by atoms with E-state index >= 15 is 0 Å².